The van der Waals surface area contributed by atoms with Crippen molar-refractivity contribution in [1.29, 1.82) is 0 Å². The van der Waals surface area contributed by atoms with Crippen LogP contribution in [0.25, 0.3) is 0 Å². The highest BCUT2D eigenvalue weighted by molar-refractivity contribution is 7.98. The summed E-state index contributed by atoms with van der Waals surface area (Å²) in [6.45, 7) is 2.84. The first kappa shape index (κ1) is 15.7. The molecule has 0 bridgehead atoms. The third-order valence-corrected chi connectivity index (χ3v) is 4.38. The molecule has 1 aromatic rings. The quantitative estimate of drug-likeness (QED) is 0.842. The van der Waals surface area contributed by atoms with Gasteiger partial charge in [-0.25, -0.2) is 4.79 Å². The van der Waals surface area contributed by atoms with Crippen molar-refractivity contribution < 1.29 is 14.7 Å². The summed E-state index contributed by atoms with van der Waals surface area (Å²) in [5.74, 6) is -1.11. The molecule has 1 aromatic carbocycles. The highest BCUT2D eigenvalue weighted by atomic mass is 32.2. The lowest BCUT2D eigenvalue weighted by atomic mass is 9.91. The lowest BCUT2D eigenvalue weighted by molar-refractivity contribution is -0.143. The fraction of sp³-hybridized carbons (Fsp3) is 0.467. The average Bonchev–Trinajstić information content (AvgIpc) is 2.47. The summed E-state index contributed by atoms with van der Waals surface area (Å²) in [7, 11) is 0. The maximum atomic E-state index is 12.3. The molecule has 1 aliphatic heterocycles. The van der Waals surface area contributed by atoms with Crippen LogP contribution >= 0.6 is 11.8 Å². The van der Waals surface area contributed by atoms with Gasteiger partial charge in [-0.05, 0) is 42.9 Å². The normalized spacial score (nSPS) is 21.9. The van der Waals surface area contributed by atoms with E-state index in [4.69, 9.17) is 5.11 Å². The molecule has 0 spiro atoms. The monoisotopic (exact) mass is 308 g/mol. The van der Waals surface area contributed by atoms with Crippen molar-refractivity contribution in [1.82, 2.24) is 4.90 Å². The second-order valence-corrected chi connectivity index (χ2v) is 6.32. The smallest absolute Gasteiger partial charge is 0.321 e. The minimum atomic E-state index is -0.830. The van der Waals surface area contributed by atoms with Crippen molar-refractivity contribution in [2.75, 3.05) is 24.7 Å². The number of hydrogen-bond acceptors (Lipinski definition) is 3. The second kappa shape index (κ2) is 6.85. The van der Waals surface area contributed by atoms with E-state index in [9.17, 15) is 9.59 Å². The van der Waals surface area contributed by atoms with Gasteiger partial charge in [0.25, 0.3) is 0 Å². The van der Waals surface area contributed by atoms with Crippen molar-refractivity contribution in [2.45, 2.75) is 18.2 Å². The van der Waals surface area contributed by atoms with Crippen molar-refractivity contribution in [3.8, 4) is 0 Å². The molecule has 0 aromatic heterocycles. The molecule has 0 aliphatic carbocycles. The van der Waals surface area contributed by atoms with Crippen LogP contribution in [-0.2, 0) is 4.79 Å². The van der Waals surface area contributed by atoms with Crippen LogP contribution in [0.4, 0.5) is 10.5 Å². The number of nitrogens with one attached hydrogen (secondary N) is 1. The zero-order valence-corrected chi connectivity index (χ0v) is 13.0. The summed E-state index contributed by atoms with van der Waals surface area (Å²) in [6, 6.07) is 7.36. The Morgan fingerprint density at radius 2 is 1.95 bits per heavy atom. The van der Waals surface area contributed by atoms with Crippen LogP contribution in [0.3, 0.4) is 0 Å². The standard InChI is InChI=1S/C15H20N2O3S/c1-10-7-11(14(18)19)9-17(8-10)15(20)16-12-3-5-13(21-2)6-4-12/h3-6,10-11H,7-9H2,1-2H3,(H,16,20)(H,18,19). The number of nitrogens with zero attached hydrogens (tertiary/aromatic N) is 1. The van der Waals surface area contributed by atoms with Crippen LogP contribution in [0.15, 0.2) is 29.2 Å². The number of carbonyl (C=O) groups is 2. The Balaban J connectivity index is 1.99. The minimum Gasteiger partial charge on any atom is -0.481 e. The molecule has 2 N–H and O–H groups in total. The molecule has 21 heavy (non-hydrogen) atoms. The first-order valence-electron chi connectivity index (χ1n) is 6.92. The Bertz CT molecular complexity index is 518. The van der Waals surface area contributed by atoms with Gasteiger partial charge in [0.2, 0.25) is 0 Å². The number of carboxylic acid groups (broad SMARTS) is 1. The predicted octanol–water partition coefficient (Wildman–Crippen LogP) is 2.98. The van der Waals surface area contributed by atoms with E-state index >= 15 is 0 Å². The lowest BCUT2D eigenvalue weighted by Gasteiger charge is -2.34. The second-order valence-electron chi connectivity index (χ2n) is 5.44. The first-order chi connectivity index (χ1) is 9.99. The van der Waals surface area contributed by atoms with Gasteiger partial charge in [-0.1, -0.05) is 6.92 Å². The number of amides is 2. The van der Waals surface area contributed by atoms with Gasteiger partial charge in [0, 0.05) is 23.7 Å². The van der Waals surface area contributed by atoms with Gasteiger partial charge in [-0.15, -0.1) is 11.8 Å². The zero-order valence-electron chi connectivity index (χ0n) is 12.2. The summed E-state index contributed by atoms with van der Waals surface area (Å²) in [5.41, 5.74) is 0.725. The zero-order chi connectivity index (χ0) is 15.4. The Hall–Kier alpha value is -1.69. The molecule has 5 nitrogen and oxygen atoms in total. The van der Waals surface area contributed by atoms with E-state index < -0.39 is 11.9 Å². The van der Waals surface area contributed by atoms with Gasteiger partial charge in [-0.2, -0.15) is 0 Å². The molecule has 2 atom stereocenters. The van der Waals surface area contributed by atoms with Crippen LogP contribution in [0, 0.1) is 11.8 Å². The number of hydrogen-bond donors (Lipinski definition) is 2. The number of thioether (sulfide) groups is 1. The molecule has 2 unspecified atom stereocenters. The number of piperidine rings is 1. The third kappa shape index (κ3) is 4.14. The highest BCUT2D eigenvalue weighted by Crippen LogP contribution is 2.23. The molecule has 1 saturated heterocycles. The Labute approximate surface area is 128 Å². The van der Waals surface area contributed by atoms with Crippen LogP contribution in [0.1, 0.15) is 13.3 Å². The van der Waals surface area contributed by atoms with E-state index in [0.717, 1.165) is 10.6 Å². The van der Waals surface area contributed by atoms with E-state index in [1.807, 2.05) is 37.4 Å². The Morgan fingerprint density at radius 3 is 2.52 bits per heavy atom. The fourth-order valence-electron chi connectivity index (χ4n) is 2.57. The van der Waals surface area contributed by atoms with Crippen LogP contribution in [-0.4, -0.2) is 41.4 Å². The molecular formula is C15H20N2O3S. The fourth-order valence-corrected chi connectivity index (χ4v) is 2.98. The Kier molecular flexibility index (Phi) is 5.12. The number of rotatable bonds is 3. The maximum Gasteiger partial charge on any atom is 0.321 e. The molecule has 0 saturated carbocycles. The predicted molar refractivity (Wildman–Crippen MR) is 83.7 cm³/mol. The van der Waals surface area contributed by atoms with Crippen LogP contribution < -0.4 is 5.32 Å². The average molecular weight is 308 g/mol. The van der Waals surface area contributed by atoms with Gasteiger partial charge in [0.1, 0.15) is 0 Å². The number of urea groups is 1. The molecular weight excluding hydrogens is 288 g/mol. The van der Waals surface area contributed by atoms with Crippen LogP contribution in [0.2, 0.25) is 0 Å². The van der Waals surface area contributed by atoms with Crippen molar-refractivity contribution in [3.63, 3.8) is 0 Å². The Morgan fingerprint density at radius 1 is 1.29 bits per heavy atom. The van der Waals surface area contributed by atoms with Gasteiger partial charge >= 0.3 is 12.0 Å². The molecule has 1 heterocycles. The highest BCUT2D eigenvalue weighted by Gasteiger charge is 2.31. The van der Waals surface area contributed by atoms with Gasteiger partial charge in [0.15, 0.2) is 0 Å². The topological polar surface area (TPSA) is 69.6 Å². The van der Waals surface area contributed by atoms with Gasteiger partial charge in [-0.3, -0.25) is 4.79 Å². The third-order valence-electron chi connectivity index (χ3n) is 3.64. The number of likely N-dealkylation sites (tertiary alicyclic amines) is 1. The molecule has 2 amide bonds. The summed E-state index contributed by atoms with van der Waals surface area (Å²) in [5, 5.41) is 12.0. The largest absolute Gasteiger partial charge is 0.481 e. The van der Waals surface area contributed by atoms with Crippen molar-refractivity contribution in [3.05, 3.63) is 24.3 Å². The molecule has 2 rings (SSSR count). The number of aliphatic carboxylic acids is 1. The van der Waals surface area contributed by atoms with E-state index in [2.05, 4.69) is 5.32 Å². The summed E-state index contributed by atoms with van der Waals surface area (Å²) >= 11 is 1.64. The number of benzene rings is 1. The van der Waals surface area contributed by atoms with E-state index in [1.165, 1.54) is 0 Å². The molecule has 6 heteroatoms. The minimum absolute atomic E-state index is 0.199. The SMILES string of the molecule is CSc1ccc(NC(=O)N2CC(C)CC(C(=O)O)C2)cc1. The number of anilines is 1. The summed E-state index contributed by atoms with van der Waals surface area (Å²) in [4.78, 5) is 26.1. The van der Waals surface area contributed by atoms with E-state index in [1.54, 1.807) is 16.7 Å². The first-order valence-corrected chi connectivity index (χ1v) is 8.15. The molecule has 1 fully saturated rings. The van der Waals surface area contributed by atoms with E-state index in [0.29, 0.717) is 13.0 Å². The summed E-state index contributed by atoms with van der Waals surface area (Å²) < 4.78 is 0. The van der Waals surface area contributed by atoms with E-state index in [-0.39, 0.29) is 18.5 Å². The molecule has 0 radical (unpaired) electrons. The van der Waals surface area contributed by atoms with Crippen molar-refractivity contribution in [2.24, 2.45) is 11.8 Å². The van der Waals surface area contributed by atoms with Crippen LogP contribution in [0.5, 0.6) is 0 Å². The van der Waals surface area contributed by atoms with Gasteiger partial charge in [0.05, 0.1) is 5.92 Å². The maximum absolute atomic E-state index is 12.3. The number of carbonyl (C=O) groups excluding carboxylic acids is 1. The summed E-state index contributed by atoms with van der Waals surface area (Å²) in [6.07, 6.45) is 2.62. The van der Waals surface area contributed by atoms with Gasteiger partial charge < -0.3 is 15.3 Å². The molecule has 114 valence electrons. The number of carboxylic acids is 1. The molecule has 1 aliphatic rings. The van der Waals surface area contributed by atoms with Crippen molar-refractivity contribution >= 4 is 29.4 Å². The lowest BCUT2D eigenvalue weighted by Crippen LogP contribution is -2.47.